The van der Waals surface area contributed by atoms with Gasteiger partial charge in [-0.25, -0.2) is 0 Å². The first-order chi connectivity index (χ1) is 9.13. The summed E-state index contributed by atoms with van der Waals surface area (Å²) in [5.74, 6) is 0. The van der Waals surface area contributed by atoms with Gasteiger partial charge in [-0.3, -0.25) is 0 Å². The van der Waals surface area contributed by atoms with Crippen LogP contribution < -0.4 is 0 Å². The maximum atomic E-state index is 9.25. The van der Waals surface area contributed by atoms with Gasteiger partial charge in [-0.2, -0.15) is 15.8 Å². The molecule has 0 aliphatic rings. The summed E-state index contributed by atoms with van der Waals surface area (Å²) in [6, 6.07) is 14.7. The second-order valence-corrected chi connectivity index (χ2v) is 3.96. The summed E-state index contributed by atoms with van der Waals surface area (Å²) in [5, 5.41) is 27.4. The van der Waals surface area contributed by atoms with Gasteiger partial charge >= 0.3 is 0 Å². The van der Waals surface area contributed by atoms with E-state index >= 15 is 0 Å². The Morgan fingerprint density at radius 1 is 1.00 bits per heavy atom. The smallest absolute Gasteiger partial charge is 0.138 e. The Hall–Kier alpha value is -3.03. The monoisotopic (exact) mass is 248 g/mol. The molecule has 0 amide bonds. The van der Waals surface area contributed by atoms with Gasteiger partial charge in [0.25, 0.3) is 0 Å². The molecule has 0 fully saturated rings. The van der Waals surface area contributed by atoms with Crippen molar-refractivity contribution in [3.05, 3.63) is 53.2 Å². The van der Waals surface area contributed by atoms with Gasteiger partial charge in [0.15, 0.2) is 0 Å². The second-order valence-electron chi connectivity index (χ2n) is 3.96. The van der Waals surface area contributed by atoms with Crippen molar-refractivity contribution < 1.29 is 0 Å². The molecule has 0 radical (unpaired) electrons. The number of nitrogens with zero attached hydrogens (tertiary/aromatic N) is 4. The molecule has 1 aromatic rings. The van der Waals surface area contributed by atoms with Crippen molar-refractivity contribution in [3.8, 4) is 18.2 Å². The summed E-state index contributed by atoms with van der Waals surface area (Å²) in [5.41, 5.74) is 1.26. The van der Waals surface area contributed by atoms with Crippen molar-refractivity contribution in [2.75, 3.05) is 14.1 Å². The highest BCUT2D eigenvalue weighted by Crippen LogP contribution is 2.26. The molecule has 92 valence electrons. The van der Waals surface area contributed by atoms with Gasteiger partial charge in [0, 0.05) is 25.9 Å². The molecule has 4 nitrogen and oxygen atoms in total. The van der Waals surface area contributed by atoms with Crippen molar-refractivity contribution in [2.45, 2.75) is 0 Å². The highest BCUT2D eigenvalue weighted by atomic mass is 15.0. The van der Waals surface area contributed by atoms with Gasteiger partial charge in [-0.15, -0.1) is 0 Å². The van der Waals surface area contributed by atoms with Gasteiger partial charge in [-0.1, -0.05) is 30.3 Å². The summed E-state index contributed by atoms with van der Waals surface area (Å²) in [6.07, 6.45) is 1.59. The molecule has 0 spiro atoms. The van der Waals surface area contributed by atoms with Crippen molar-refractivity contribution in [2.24, 2.45) is 0 Å². The Morgan fingerprint density at radius 2 is 1.58 bits per heavy atom. The molecular weight excluding hydrogens is 236 g/mol. The van der Waals surface area contributed by atoms with Gasteiger partial charge in [0.1, 0.15) is 23.8 Å². The third kappa shape index (κ3) is 3.46. The van der Waals surface area contributed by atoms with Crippen LogP contribution in [0.3, 0.4) is 0 Å². The molecule has 0 atom stereocenters. The summed E-state index contributed by atoms with van der Waals surface area (Å²) in [4.78, 5) is 1.70. The van der Waals surface area contributed by atoms with Crippen LogP contribution in [0.1, 0.15) is 5.56 Å². The zero-order chi connectivity index (χ0) is 14.3. The zero-order valence-corrected chi connectivity index (χ0v) is 10.8. The van der Waals surface area contributed by atoms with E-state index in [0.29, 0.717) is 11.1 Å². The van der Waals surface area contributed by atoms with E-state index in [1.54, 1.807) is 49.5 Å². The predicted molar refractivity (Wildman–Crippen MR) is 72.0 cm³/mol. The van der Waals surface area contributed by atoms with E-state index in [1.165, 1.54) is 0 Å². The fraction of sp³-hybridized carbons (Fsp3) is 0.133. The molecular formula is C15H12N4. The van der Waals surface area contributed by atoms with E-state index in [2.05, 4.69) is 0 Å². The molecule has 0 unspecified atom stereocenters. The Morgan fingerprint density at radius 3 is 2.00 bits per heavy atom. The lowest BCUT2D eigenvalue weighted by molar-refractivity contribution is 0.562. The molecule has 0 N–H and O–H groups in total. The van der Waals surface area contributed by atoms with Crippen LogP contribution >= 0.6 is 0 Å². The normalized spacial score (nSPS) is 9.74. The lowest BCUT2D eigenvalue weighted by Gasteiger charge is -2.10. The highest BCUT2D eigenvalue weighted by molar-refractivity contribution is 5.88. The summed E-state index contributed by atoms with van der Waals surface area (Å²) < 4.78 is 0. The quantitative estimate of drug-likeness (QED) is 0.608. The van der Waals surface area contributed by atoms with Crippen LogP contribution in [0.2, 0.25) is 0 Å². The first-order valence-electron chi connectivity index (χ1n) is 5.52. The lowest BCUT2D eigenvalue weighted by Crippen LogP contribution is -2.04. The lowest BCUT2D eigenvalue weighted by atomic mass is 9.95. The number of nitriles is 3. The van der Waals surface area contributed by atoms with E-state index in [1.807, 2.05) is 24.3 Å². The van der Waals surface area contributed by atoms with Crippen molar-refractivity contribution >= 4 is 5.57 Å². The third-order valence-corrected chi connectivity index (χ3v) is 2.31. The fourth-order valence-electron chi connectivity index (χ4n) is 1.58. The van der Waals surface area contributed by atoms with Gasteiger partial charge in [0.05, 0.1) is 5.57 Å². The van der Waals surface area contributed by atoms with Crippen LogP contribution in [-0.4, -0.2) is 19.0 Å². The number of benzene rings is 1. The van der Waals surface area contributed by atoms with Crippen LogP contribution in [0, 0.1) is 34.0 Å². The topological polar surface area (TPSA) is 74.6 Å². The standard InChI is InChI=1S/C15H12N4/c1-19(2)11-14(10-18)15(13(8-16)9-17)12-6-4-3-5-7-12/h3-7,11H,1-2H3/b14-11+. The summed E-state index contributed by atoms with van der Waals surface area (Å²) in [7, 11) is 3.55. The predicted octanol–water partition coefficient (Wildman–Crippen LogP) is 2.46. The largest absolute Gasteiger partial charge is 0.382 e. The van der Waals surface area contributed by atoms with Crippen molar-refractivity contribution in [1.82, 2.24) is 4.90 Å². The van der Waals surface area contributed by atoms with E-state index in [0.717, 1.165) is 0 Å². The summed E-state index contributed by atoms with van der Waals surface area (Å²) in [6.45, 7) is 0. The van der Waals surface area contributed by atoms with Crippen LogP contribution in [-0.2, 0) is 0 Å². The third-order valence-electron chi connectivity index (χ3n) is 2.31. The minimum atomic E-state index is -0.0687. The first kappa shape index (κ1) is 14.0. The minimum Gasteiger partial charge on any atom is -0.382 e. The Kier molecular flexibility index (Phi) is 4.91. The molecule has 0 saturated carbocycles. The van der Waals surface area contributed by atoms with E-state index in [4.69, 9.17) is 10.5 Å². The van der Waals surface area contributed by atoms with Crippen LogP contribution in [0.15, 0.2) is 47.7 Å². The van der Waals surface area contributed by atoms with Gasteiger partial charge in [0.2, 0.25) is 0 Å². The van der Waals surface area contributed by atoms with Gasteiger partial charge in [-0.05, 0) is 5.56 Å². The maximum Gasteiger partial charge on any atom is 0.138 e. The van der Waals surface area contributed by atoms with Crippen molar-refractivity contribution in [1.29, 1.82) is 15.8 Å². The molecule has 0 aliphatic carbocycles. The second kappa shape index (κ2) is 6.64. The highest BCUT2D eigenvalue weighted by Gasteiger charge is 2.14. The molecule has 4 heteroatoms. The number of rotatable bonds is 3. The molecule has 19 heavy (non-hydrogen) atoms. The average Bonchev–Trinajstić information content (AvgIpc) is 2.43. The van der Waals surface area contributed by atoms with E-state index in [9.17, 15) is 5.26 Å². The molecule has 0 heterocycles. The number of hydrogen-bond donors (Lipinski definition) is 0. The SMILES string of the molecule is CN(C)/C=C(\C#N)C(=C(C#N)C#N)c1ccccc1. The summed E-state index contributed by atoms with van der Waals surface area (Å²) >= 11 is 0. The van der Waals surface area contributed by atoms with Crippen molar-refractivity contribution in [3.63, 3.8) is 0 Å². The molecule has 0 saturated heterocycles. The Labute approximate surface area is 112 Å². The van der Waals surface area contributed by atoms with Crippen LogP contribution in [0.25, 0.3) is 5.57 Å². The fourth-order valence-corrected chi connectivity index (χ4v) is 1.58. The first-order valence-corrected chi connectivity index (χ1v) is 5.52. The zero-order valence-electron chi connectivity index (χ0n) is 10.8. The van der Waals surface area contributed by atoms with Crippen LogP contribution in [0.4, 0.5) is 0 Å². The molecule has 0 aliphatic heterocycles. The van der Waals surface area contributed by atoms with Crippen LogP contribution in [0.5, 0.6) is 0 Å². The molecule has 1 aromatic carbocycles. The van der Waals surface area contributed by atoms with E-state index in [-0.39, 0.29) is 11.1 Å². The van der Waals surface area contributed by atoms with Gasteiger partial charge < -0.3 is 4.90 Å². The number of allylic oxidation sites excluding steroid dienone is 3. The maximum absolute atomic E-state index is 9.25. The average molecular weight is 248 g/mol. The molecule has 0 aromatic heterocycles. The minimum absolute atomic E-state index is 0.0687. The molecule has 0 bridgehead atoms. The van der Waals surface area contributed by atoms with E-state index < -0.39 is 0 Å². The number of hydrogen-bond acceptors (Lipinski definition) is 4. The molecule has 1 rings (SSSR count). The Balaban J connectivity index is 3.58. The Bertz CT molecular complexity index is 615.